The van der Waals surface area contributed by atoms with Crippen LogP contribution in [0.4, 0.5) is 5.82 Å². The lowest BCUT2D eigenvalue weighted by molar-refractivity contribution is -0.577. The van der Waals surface area contributed by atoms with Crippen LogP contribution in [0.2, 0.25) is 0 Å². The quantitative estimate of drug-likeness (QED) is 0.345. The minimum atomic E-state index is -0.511. The number of nitrogens with zero attached hydrogens (tertiary/aromatic N) is 3. The Labute approximate surface area is 201 Å². The van der Waals surface area contributed by atoms with E-state index in [0.29, 0.717) is 16.7 Å². The van der Waals surface area contributed by atoms with E-state index in [4.69, 9.17) is 5.73 Å². The first-order valence-corrected chi connectivity index (χ1v) is 11.3. The van der Waals surface area contributed by atoms with Crippen LogP contribution in [-0.2, 0) is 0 Å². The fraction of sp³-hybridized carbons (Fsp3) is 0.111. The van der Waals surface area contributed by atoms with Gasteiger partial charge in [0.1, 0.15) is 12.4 Å². The van der Waals surface area contributed by atoms with E-state index in [1.165, 1.54) is 0 Å². The SMILES string of the molecule is CC=Cc1cccc2cc(C(C)NC(=O)c3c(N)[nH][n+]4cccnc34)n(-c3ccccc3)c(=O)c12. The van der Waals surface area contributed by atoms with E-state index in [2.05, 4.69) is 15.4 Å². The van der Waals surface area contributed by atoms with Gasteiger partial charge in [-0.15, -0.1) is 4.52 Å². The first kappa shape index (κ1) is 22.1. The molecule has 8 heteroatoms. The number of hydrogen-bond donors (Lipinski definition) is 3. The van der Waals surface area contributed by atoms with Gasteiger partial charge in [-0.2, -0.15) is 0 Å². The Bertz CT molecular complexity index is 1650. The van der Waals surface area contributed by atoms with Crippen LogP contribution in [-0.4, -0.2) is 20.6 Å². The molecule has 5 aromatic rings. The second kappa shape index (κ2) is 8.90. The Hall–Kier alpha value is -4.72. The molecule has 1 unspecified atom stereocenters. The Balaban J connectivity index is 1.66. The molecule has 5 rings (SSSR count). The standard InChI is InChI=1S/C27H24N6O2/c1-3-9-18-10-7-11-19-16-21(33(27(35)22(18)19)20-12-5-4-6-13-20)17(2)30-26(34)23-24(28)31-32-15-8-14-29-25(23)32/h3-17H,1-2H3,(H3,28,30,31,34)/p+1. The summed E-state index contributed by atoms with van der Waals surface area (Å²) in [7, 11) is 0. The maximum absolute atomic E-state index is 13.9. The van der Waals surface area contributed by atoms with Gasteiger partial charge >= 0.3 is 5.65 Å². The van der Waals surface area contributed by atoms with Crippen LogP contribution in [0.5, 0.6) is 0 Å². The van der Waals surface area contributed by atoms with Gasteiger partial charge in [0, 0.05) is 17.4 Å². The number of pyridine rings is 1. The van der Waals surface area contributed by atoms with Gasteiger partial charge < -0.3 is 11.1 Å². The fourth-order valence-corrected chi connectivity index (χ4v) is 4.41. The van der Waals surface area contributed by atoms with Crippen LogP contribution in [0, 0.1) is 0 Å². The molecule has 2 aromatic carbocycles. The molecule has 0 aliphatic carbocycles. The number of nitrogen functional groups attached to an aromatic ring is 1. The predicted molar refractivity (Wildman–Crippen MR) is 136 cm³/mol. The summed E-state index contributed by atoms with van der Waals surface area (Å²) in [6.07, 6.45) is 7.17. The lowest BCUT2D eigenvalue weighted by Crippen LogP contribution is -2.33. The summed E-state index contributed by atoms with van der Waals surface area (Å²) < 4.78 is 3.25. The third-order valence-electron chi connectivity index (χ3n) is 5.97. The molecular weight excluding hydrogens is 440 g/mol. The van der Waals surface area contributed by atoms with Gasteiger partial charge in [0.25, 0.3) is 11.5 Å². The molecule has 8 nitrogen and oxygen atoms in total. The van der Waals surface area contributed by atoms with Gasteiger partial charge in [-0.05, 0) is 48.0 Å². The molecule has 0 aliphatic heterocycles. The van der Waals surface area contributed by atoms with Crippen molar-refractivity contribution in [1.29, 1.82) is 0 Å². The zero-order valence-electron chi connectivity index (χ0n) is 19.4. The number of aromatic nitrogens is 4. The van der Waals surface area contributed by atoms with Gasteiger partial charge in [0.05, 0.1) is 11.4 Å². The van der Waals surface area contributed by atoms with E-state index in [9.17, 15) is 9.59 Å². The van der Waals surface area contributed by atoms with Gasteiger partial charge in [-0.1, -0.05) is 48.6 Å². The summed E-state index contributed by atoms with van der Waals surface area (Å²) in [5, 5.41) is 7.35. The Kier molecular flexibility index (Phi) is 5.62. The minimum Gasteiger partial charge on any atom is -0.382 e. The summed E-state index contributed by atoms with van der Waals surface area (Å²) >= 11 is 0. The van der Waals surface area contributed by atoms with Gasteiger partial charge in [-0.25, -0.2) is 5.10 Å². The Morgan fingerprint density at radius 2 is 1.97 bits per heavy atom. The largest absolute Gasteiger partial charge is 0.382 e. The van der Waals surface area contributed by atoms with Crippen molar-refractivity contribution in [2.24, 2.45) is 0 Å². The van der Waals surface area contributed by atoms with Crippen molar-refractivity contribution in [3.05, 3.63) is 106 Å². The number of nitrogens with one attached hydrogen (secondary N) is 2. The van der Waals surface area contributed by atoms with E-state index >= 15 is 0 Å². The molecular formula is C27H25N6O2+. The summed E-state index contributed by atoms with van der Waals surface area (Å²) in [4.78, 5) is 31.4. The number of rotatable bonds is 5. The number of carbonyl (C=O) groups excluding carboxylic acids is 1. The number of benzene rings is 2. The van der Waals surface area contributed by atoms with Gasteiger partial charge in [-0.3, -0.25) is 14.2 Å². The highest BCUT2D eigenvalue weighted by Gasteiger charge is 2.27. The van der Waals surface area contributed by atoms with E-state index in [0.717, 1.165) is 16.6 Å². The molecule has 3 heterocycles. The molecule has 0 saturated carbocycles. The number of aromatic amines is 1. The van der Waals surface area contributed by atoms with E-state index < -0.39 is 6.04 Å². The zero-order valence-corrected chi connectivity index (χ0v) is 19.4. The van der Waals surface area contributed by atoms with Crippen LogP contribution in [0.3, 0.4) is 0 Å². The number of amides is 1. The number of fused-ring (bicyclic) bond motifs is 2. The van der Waals surface area contributed by atoms with Crippen LogP contribution >= 0.6 is 0 Å². The summed E-state index contributed by atoms with van der Waals surface area (Å²) in [5.41, 5.74) is 8.83. The molecule has 0 fully saturated rings. The monoisotopic (exact) mass is 465 g/mol. The summed E-state index contributed by atoms with van der Waals surface area (Å²) in [5.74, 6) is -0.175. The highest BCUT2D eigenvalue weighted by atomic mass is 16.2. The maximum atomic E-state index is 13.9. The van der Waals surface area contributed by atoms with Gasteiger partial charge in [0.15, 0.2) is 11.4 Å². The average Bonchev–Trinajstić information content (AvgIpc) is 3.20. The molecule has 1 atom stereocenters. The number of para-hydroxylation sites is 1. The molecule has 0 spiro atoms. The third-order valence-corrected chi connectivity index (χ3v) is 5.97. The smallest absolute Gasteiger partial charge is 0.362 e. The fourth-order valence-electron chi connectivity index (χ4n) is 4.41. The molecule has 0 saturated heterocycles. The van der Waals surface area contributed by atoms with Crippen molar-refractivity contribution in [2.75, 3.05) is 5.73 Å². The molecule has 4 N–H and O–H groups in total. The minimum absolute atomic E-state index is 0.151. The van der Waals surface area contributed by atoms with Crippen LogP contribution in [0.1, 0.15) is 41.5 Å². The highest BCUT2D eigenvalue weighted by molar-refractivity contribution is 6.03. The van der Waals surface area contributed by atoms with Crippen LogP contribution < -0.4 is 21.1 Å². The Morgan fingerprint density at radius 3 is 2.74 bits per heavy atom. The third kappa shape index (κ3) is 3.85. The van der Waals surface area contributed by atoms with Crippen LogP contribution in [0.25, 0.3) is 28.2 Å². The van der Waals surface area contributed by atoms with E-state index in [-0.39, 0.29) is 22.8 Å². The number of hydrogen-bond acceptors (Lipinski definition) is 4. The highest BCUT2D eigenvalue weighted by Crippen LogP contribution is 2.24. The lowest BCUT2D eigenvalue weighted by Gasteiger charge is -2.21. The number of anilines is 1. The van der Waals surface area contributed by atoms with Crippen molar-refractivity contribution in [3.63, 3.8) is 0 Å². The molecule has 174 valence electrons. The molecule has 0 aliphatic rings. The number of carbonyl (C=O) groups is 1. The predicted octanol–water partition coefficient (Wildman–Crippen LogP) is 3.56. The number of H-pyrrole nitrogens is 1. The molecule has 0 radical (unpaired) electrons. The second-order valence-corrected chi connectivity index (χ2v) is 8.27. The summed E-state index contributed by atoms with van der Waals surface area (Å²) in [6.45, 7) is 3.77. The van der Waals surface area contributed by atoms with Crippen molar-refractivity contribution >= 4 is 34.2 Å². The van der Waals surface area contributed by atoms with E-state index in [1.54, 1.807) is 27.5 Å². The molecule has 0 bridgehead atoms. The van der Waals surface area contributed by atoms with Crippen molar-refractivity contribution in [1.82, 2.24) is 20.0 Å². The first-order chi connectivity index (χ1) is 17.0. The van der Waals surface area contributed by atoms with Gasteiger partial charge in [0.2, 0.25) is 0 Å². The zero-order chi connectivity index (χ0) is 24.5. The number of allylic oxidation sites excluding steroid dienone is 1. The summed E-state index contributed by atoms with van der Waals surface area (Å²) in [6, 6.07) is 18.4. The van der Waals surface area contributed by atoms with E-state index in [1.807, 2.05) is 80.6 Å². The average molecular weight is 466 g/mol. The van der Waals surface area contributed by atoms with Crippen molar-refractivity contribution in [3.8, 4) is 5.69 Å². The maximum Gasteiger partial charge on any atom is 0.362 e. The topological polar surface area (TPSA) is 110 Å². The molecule has 35 heavy (non-hydrogen) atoms. The lowest BCUT2D eigenvalue weighted by atomic mass is 10.0. The first-order valence-electron chi connectivity index (χ1n) is 11.3. The molecule has 3 aromatic heterocycles. The van der Waals surface area contributed by atoms with Crippen LogP contribution in [0.15, 0.2) is 83.9 Å². The Morgan fingerprint density at radius 1 is 1.17 bits per heavy atom. The molecule has 1 amide bonds. The van der Waals surface area contributed by atoms with Crippen molar-refractivity contribution < 1.29 is 9.31 Å². The number of nitrogens with two attached hydrogens (primary N) is 1. The van der Waals surface area contributed by atoms with Crippen molar-refractivity contribution in [2.45, 2.75) is 19.9 Å². The normalized spacial score (nSPS) is 12.4. The second-order valence-electron chi connectivity index (χ2n) is 8.27.